The quantitative estimate of drug-likeness (QED) is 0.636. The maximum absolute atomic E-state index is 12.6. The van der Waals surface area contributed by atoms with Gasteiger partial charge in [-0.25, -0.2) is 0 Å². The van der Waals surface area contributed by atoms with Crippen molar-refractivity contribution < 1.29 is 14.3 Å². The van der Waals surface area contributed by atoms with Crippen LogP contribution in [-0.2, 0) is 11.3 Å². The van der Waals surface area contributed by atoms with E-state index < -0.39 is 0 Å². The number of likely N-dealkylation sites (tertiary alicyclic amines) is 1. The van der Waals surface area contributed by atoms with Gasteiger partial charge in [0.2, 0.25) is 5.91 Å². The number of nitrogens with zero attached hydrogens (tertiary/aromatic N) is 1. The molecule has 0 unspecified atom stereocenters. The van der Waals surface area contributed by atoms with Gasteiger partial charge < -0.3 is 14.8 Å². The molecule has 1 N–H and O–H groups in total. The van der Waals surface area contributed by atoms with Crippen LogP contribution in [0.3, 0.4) is 0 Å². The molecule has 1 fully saturated rings. The predicted octanol–water partition coefficient (Wildman–Crippen LogP) is 4.50. The van der Waals surface area contributed by atoms with Gasteiger partial charge in [0.05, 0.1) is 6.61 Å². The molecule has 3 rings (SSSR count). The Kier molecular flexibility index (Phi) is 7.70. The molecule has 5 heteroatoms. The molecule has 5 nitrogen and oxygen atoms in total. The van der Waals surface area contributed by atoms with E-state index in [-0.39, 0.29) is 11.8 Å². The van der Waals surface area contributed by atoms with E-state index in [1.54, 1.807) is 6.08 Å². The van der Waals surface area contributed by atoms with Crippen molar-refractivity contribution in [3.63, 3.8) is 0 Å². The molecule has 154 valence electrons. The normalized spacial score (nSPS) is 14.9. The van der Waals surface area contributed by atoms with Crippen LogP contribution in [0.25, 0.3) is 0 Å². The lowest BCUT2D eigenvalue weighted by molar-refractivity contribution is -0.121. The summed E-state index contributed by atoms with van der Waals surface area (Å²) in [6.07, 6.45) is 3.45. The minimum absolute atomic E-state index is 0.0534. The Morgan fingerprint density at radius 1 is 1.14 bits per heavy atom. The number of benzene rings is 2. The maximum atomic E-state index is 12.6. The molecular weight excluding hydrogens is 364 g/mol. The summed E-state index contributed by atoms with van der Waals surface area (Å²) in [5, 5.41) is 3.03. The average Bonchev–Trinajstić information content (AvgIpc) is 2.74. The fraction of sp³-hybridized carbons (Fsp3) is 0.375. The van der Waals surface area contributed by atoms with Crippen LogP contribution in [-0.4, -0.2) is 37.1 Å². The third-order valence-electron chi connectivity index (χ3n) is 5.06. The van der Waals surface area contributed by atoms with Gasteiger partial charge in [0.1, 0.15) is 18.1 Å². The van der Waals surface area contributed by atoms with E-state index in [0.717, 1.165) is 49.7 Å². The van der Waals surface area contributed by atoms with Crippen molar-refractivity contribution in [2.24, 2.45) is 5.92 Å². The van der Waals surface area contributed by atoms with Gasteiger partial charge >= 0.3 is 0 Å². The van der Waals surface area contributed by atoms with Gasteiger partial charge in [-0.2, -0.15) is 0 Å². The van der Waals surface area contributed by atoms with E-state index in [1.807, 2.05) is 43.3 Å². The molecule has 2 aromatic carbocycles. The monoisotopic (exact) mass is 394 g/mol. The third kappa shape index (κ3) is 6.36. The first kappa shape index (κ1) is 20.9. The number of hydrogen-bond donors (Lipinski definition) is 1. The number of rotatable bonds is 9. The molecule has 1 aliphatic heterocycles. The second-order valence-electron chi connectivity index (χ2n) is 7.24. The highest BCUT2D eigenvalue weighted by molar-refractivity contribution is 5.92. The minimum Gasteiger partial charge on any atom is -0.494 e. The van der Waals surface area contributed by atoms with Crippen LogP contribution in [0.2, 0.25) is 0 Å². The number of carbonyl (C=O) groups is 1. The van der Waals surface area contributed by atoms with Crippen LogP contribution in [0, 0.1) is 5.92 Å². The Labute approximate surface area is 173 Å². The van der Waals surface area contributed by atoms with Gasteiger partial charge in [0.25, 0.3) is 0 Å². The summed E-state index contributed by atoms with van der Waals surface area (Å²) in [5.74, 6) is 1.84. The highest BCUT2D eigenvalue weighted by atomic mass is 16.5. The lowest BCUT2D eigenvalue weighted by Gasteiger charge is -2.31. The summed E-state index contributed by atoms with van der Waals surface area (Å²) in [4.78, 5) is 15.0. The molecule has 29 heavy (non-hydrogen) atoms. The van der Waals surface area contributed by atoms with Crippen molar-refractivity contribution in [1.82, 2.24) is 4.90 Å². The Balaban J connectivity index is 1.45. The number of ether oxygens (including phenoxy) is 2. The van der Waals surface area contributed by atoms with Gasteiger partial charge in [-0.05, 0) is 74.8 Å². The molecule has 1 aliphatic rings. The lowest BCUT2D eigenvalue weighted by Crippen LogP contribution is -2.37. The lowest BCUT2D eigenvalue weighted by atomic mass is 9.95. The summed E-state index contributed by atoms with van der Waals surface area (Å²) in [7, 11) is 0. The summed E-state index contributed by atoms with van der Waals surface area (Å²) < 4.78 is 11.1. The largest absolute Gasteiger partial charge is 0.494 e. The topological polar surface area (TPSA) is 50.8 Å². The molecule has 0 atom stereocenters. The Bertz CT molecular complexity index is 796. The summed E-state index contributed by atoms with van der Waals surface area (Å²) in [6, 6.07) is 15.7. The van der Waals surface area contributed by atoms with Crippen molar-refractivity contribution in [1.29, 1.82) is 0 Å². The Morgan fingerprint density at radius 2 is 1.90 bits per heavy atom. The fourth-order valence-corrected chi connectivity index (χ4v) is 3.55. The van der Waals surface area contributed by atoms with E-state index in [2.05, 4.69) is 28.9 Å². The zero-order valence-electron chi connectivity index (χ0n) is 17.1. The highest BCUT2D eigenvalue weighted by Gasteiger charge is 2.25. The fourth-order valence-electron chi connectivity index (χ4n) is 3.55. The third-order valence-corrected chi connectivity index (χ3v) is 5.06. The first-order valence-electron chi connectivity index (χ1n) is 10.3. The van der Waals surface area contributed by atoms with Crippen LogP contribution in [0.15, 0.2) is 61.2 Å². The molecule has 0 aromatic heterocycles. The zero-order valence-corrected chi connectivity index (χ0v) is 17.1. The van der Waals surface area contributed by atoms with E-state index in [1.165, 1.54) is 5.56 Å². The summed E-state index contributed by atoms with van der Waals surface area (Å²) in [6.45, 7) is 9.51. The first-order chi connectivity index (χ1) is 14.2. The molecule has 0 bridgehead atoms. The Hall–Kier alpha value is -2.79. The van der Waals surface area contributed by atoms with Crippen molar-refractivity contribution in [2.45, 2.75) is 26.3 Å². The molecular formula is C24H30N2O3. The minimum atomic E-state index is 0.0534. The number of nitrogens with one attached hydrogen (secondary N) is 1. The van der Waals surface area contributed by atoms with Crippen LogP contribution in [0.5, 0.6) is 11.5 Å². The maximum Gasteiger partial charge on any atom is 0.227 e. The number of carbonyl (C=O) groups excluding carboxylic acids is 1. The number of piperidine rings is 1. The molecule has 0 aliphatic carbocycles. The van der Waals surface area contributed by atoms with Crippen LogP contribution >= 0.6 is 0 Å². The molecule has 1 saturated heterocycles. The Morgan fingerprint density at radius 3 is 2.59 bits per heavy atom. The van der Waals surface area contributed by atoms with Gasteiger partial charge in [-0.3, -0.25) is 9.69 Å². The van der Waals surface area contributed by atoms with Crippen molar-refractivity contribution in [3.05, 3.63) is 66.7 Å². The van der Waals surface area contributed by atoms with E-state index in [4.69, 9.17) is 9.47 Å². The standard InChI is InChI=1S/C24H30N2O3/c1-3-16-29-22-10-8-21(9-11-22)25-24(27)20-12-14-26(15-13-20)18-19-6-5-7-23(17-19)28-4-2/h3,5-11,17,20H,1,4,12-16,18H2,2H3,(H,25,27). The van der Waals surface area contributed by atoms with Crippen LogP contribution in [0.1, 0.15) is 25.3 Å². The smallest absolute Gasteiger partial charge is 0.227 e. The van der Waals surface area contributed by atoms with Crippen LogP contribution in [0.4, 0.5) is 5.69 Å². The van der Waals surface area contributed by atoms with Crippen LogP contribution < -0.4 is 14.8 Å². The summed E-state index contributed by atoms with van der Waals surface area (Å²) in [5.41, 5.74) is 2.05. The molecule has 2 aromatic rings. The highest BCUT2D eigenvalue weighted by Crippen LogP contribution is 2.23. The number of amides is 1. The molecule has 0 spiro atoms. The average molecular weight is 395 g/mol. The summed E-state index contributed by atoms with van der Waals surface area (Å²) >= 11 is 0. The zero-order chi connectivity index (χ0) is 20.5. The van der Waals surface area contributed by atoms with Gasteiger partial charge in [-0.1, -0.05) is 24.8 Å². The number of anilines is 1. The van der Waals surface area contributed by atoms with Gasteiger partial charge in [-0.15, -0.1) is 0 Å². The van der Waals surface area contributed by atoms with Crippen molar-refractivity contribution in [2.75, 3.05) is 31.6 Å². The van der Waals surface area contributed by atoms with E-state index in [9.17, 15) is 4.79 Å². The van der Waals surface area contributed by atoms with Gasteiger partial charge in [0.15, 0.2) is 0 Å². The second kappa shape index (κ2) is 10.7. The predicted molar refractivity (Wildman–Crippen MR) is 116 cm³/mol. The van der Waals surface area contributed by atoms with Crippen molar-refractivity contribution >= 4 is 11.6 Å². The van der Waals surface area contributed by atoms with Crippen molar-refractivity contribution in [3.8, 4) is 11.5 Å². The molecule has 0 radical (unpaired) electrons. The van der Waals surface area contributed by atoms with E-state index in [0.29, 0.717) is 13.2 Å². The number of hydrogen-bond acceptors (Lipinski definition) is 4. The molecule has 0 saturated carbocycles. The van der Waals surface area contributed by atoms with Gasteiger partial charge in [0, 0.05) is 18.2 Å². The molecule has 1 heterocycles. The first-order valence-corrected chi connectivity index (χ1v) is 10.3. The second-order valence-corrected chi connectivity index (χ2v) is 7.24. The molecule has 1 amide bonds. The SMILES string of the molecule is C=CCOc1ccc(NC(=O)C2CCN(Cc3cccc(OCC)c3)CC2)cc1. The van der Waals surface area contributed by atoms with E-state index >= 15 is 0 Å².